The van der Waals surface area contributed by atoms with E-state index >= 15 is 0 Å². The summed E-state index contributed by atoms with van der Waals surface area (Å²) in [4.78, 5) is 4.12. The molecule has 1 unspecified atom stereocenters. The van der Waals surface area contributed by atoms with Crippen molar-refractivity contribution in [2.75, 3.05) is 13.2 Å². The maximum absolute atomic E-state index is 5.34. The first-order valence-corrected chi connectivity index (χ1v) is 5.10. The molecule has 3 nitrogen and oxygen atoms in total. The summed E-state index contributed by atoms with van der Waals surface area (Å²) in [6.07, 6.45) is 1.79. The third kappa shape index (κ3) is 3.00. The largest absolute Gasteiger partial charge is 0.478 e. The van der Waals surface area contributed by atoms with Gasteiger partial charge in [0.05, 0.1) is 6.61 Å². The van der Waals surface area contributed by atoms with Crippen LogP contribution in [-0.4, -0.2) is 18.1 Å². The third-order valence-corrected chi connectivity index (χ3v) is 2.06. The Bertz CT molecular complexity index is 276. The lowest BCUT2D eigenvalue weighted by Gasteiger charge is -2.13. The molecule has 0 aliphatic heterocycles. The summed E-state index contributed by atoms with van der Waals surface area (Å²) in [6.45, 7) is 7.82. The summed E-state index contributed by atoms with van der Waals surface area (Å²) >= 11 is 0. The maximum Gasteiger partial charge on any atom is 0.213 e. The van der Waals surface area contributed by atoms with E-state index in [9.17, 15) is 0 Å². The van der Waals surface area contributed by atoms with Crippen LogP contribution in [0.25, 0.3) is 0 Å². The fourth-order valence-corrected chi connectivity index (χ4v) is 1.34. The molecule has 1 rings (SSSR count). The highest BCUT2D eigenvalue weighted by Gasteiger charge is 2.04. The fourth-order valence-electron chi connectivity index (χ4n) is 1.34. The predicted octanol–water partition coefficient (Wildman–Crippen LogP) is 2.15. The Kier molecular flexibility index (Phi) is 4.40. The number of nitrogens with one attached hydrogen (secondary N) is 1. The van der Waals surface area contributed by atoms with Crippen LogP contribution in [0.2, 0.25) is 0 Å². The Balaban J connectivity index is 2.71. The van der Waals surface area contributed by atoms with Gasteiger partial charge in [0.25, 0.3) is 0 Å². The molecule has 0 saturated carbocycles. The van der Waals surface area contributed by atoms with E-state index in [1.54, 1.807) is 6.20 Å². The molecule has 0 aromatic carbocycles. The lowest BCUT2D eigenvalue weighted by Crippen LogP contribution is -2.17. The molecule has 0 aliphatic carbocycles. The number of nitrogens with zero attached hydrogens (tertiary/aromatic N) is 1. The molecule has 1 aromatic heterocycles. The van der Waals surface area contributed by atoms with E-state index in [-0.39, 0.29) is 0 Å². The number of ether oxygens (including phenoxy) is 1. The molecule has 1 N–H and O–H groups in total. The Morgan fingerprint density at radius 3 is 2.93 bits per heavy atom. The van der Waals surface area contributed by atoms with E-state index in [4.69, 9.17) is 4.74 Å². The van der Waals surface area contributed by atoms with Gasteiger partial charge < -0.3 is 10.1 Å². The SMILES string of the molecule is CCNC(C)c1ccnc(OCC)c1. The smallest absolute Gasteiger partial charge is 0.213 e. The molecule has 0 bridgehead atoms. The second-order valence-electron chi connectivity index (χ2n) is 3.14. The van der Waals surface area contributed by atoms with Crippen molar-refractivity contribution in [3.63, 3.8) is 0 Å². The van der Waals surface area contributed by atoms with E-state index in [0.717, 1.165) is 6.54 Å². The van der Waals surface area contributed by atoms with Crippen LogP contribution in [0.1, 0.15) is 32.4 Å². The van der Waals surface area contributed by atoms with Crippen molar-refractivity contribution in [2.24, 2.45) is 0 Å². The molecular weight excluding hydrogens is 176 g/mol. The van der Waals surface area contributed by atoms with Gasteiger partial charge in [-0.2, -0.15) is 0 Å². The van der Waals surface area contributed by atoms with Crippen molar-refractivity contribution in [2.45, 2.75) is 26.8 Å². The summed E-state index contributed by atoms with van der Waals surface area (Å²) in [5.41, 5.74) is 1.21. The highest BCUT2D eigenvalue weighted by molar-refractivity contribution is 5.23. The highest BCUT2D eigenvalue weighted by Crippen LogP contribution is 2.16. The first-order chi connectivity index (χ1) is 6.77. The lowest BCUT2D eigenvalue weighted by molar-refractivity contribution is 0.326. The Morgan fingerprint density at radius 1 is 1.50 bits per heavy atom. The van der Waals surface area contributed by atoms with Gasteiger partial charge in [-0.15, -0.1) is 0 Å². The normalized spacial score (nSPS) is 12.5. The van der Waals surface area contributed by atoms with Crippen LogP contribution < -0.4 is 10.1 Å². The van der Waals surface area contributed by atoms with Gasteiger partial charge in [0.1, 0.15) is 0 Å². The van der Waals surface area contributed by atoms with Crippen LogP contribution in [0.15, 0.2) is 18.3 Å². The first kappa shape index (κ1) is 11.0. The molecule has 14 heavy (non-hydrogen) atoms. The van der Waals surface area contributed by atoms with Gasteiger partial charge >= 0.3 is 0 Å². The maximum atomic E-state index is 5.34. The van der Waals surface area contributed by atoms with Crippen molar-refractivity contribution in [1.82, 2.24) is 10.3 Å². The first-order valence-electron chi connectivity index (χ1n) is 5.10. The summed E-state index contributed by atoms with van der Waals surface area (Å²) in [6, 6.07) is 4.34. The van der Waals surface area contributed by atoms with Crippen molar-refractivity contribution in [1.29, 1.82) is 0 Å². The summed E-state index contributed by atoms with van der Waals surface area (Å²) in [7, 11) is 0. The Morgan fingerprint density at radius 2 is 2.29 bits per heavy atom. The molecule has 78 valence electrons. The van der Waals surface area contributed by atoms with Gasteiger partial charge in [0.15, 0.2) is 0 Å². The van der Waals surface area contributed by atoms with E-state index in [0.29, 0.717) is 18.5 Å². The molecule has 0 fully saturated rings. The minimum Gasteiger partial charge on any atom is -0.478 e. The second kappa shape index (κ2) is 5.60. The molecular formula is C11H18N2O. The third-order valence-electron chi connectivity index (χ3n) is 2.06. The van der Waals surface area contributed by atoms with Crippen LogP contribution in [0.4, 0.5) is 0 Å². The zero-order valence-electron chi connectivity index (χ0n) is 9.08. The van der Waals surface area contributed by atoms with E-state index in [2.05, 4.69) is 24.1 Å². The zero-order chi connectivity index (χ0) is 10.4. The predicted molar refractivity (Wildman–Crippen MR) is 57.5 cm³/mol. The summed E-state index contributed by atoms with van der Waals surface area (Å²) in [5.74, 6) is 0.703. The average molecular weight is 194 g/mol. The number of rotatable bonds is 5. The molecule has 3 heteroatoms. The standard InChI is InChI=1S/C11H18N2O/c1-4-12-9(3)10-6-7-13-11(8-10)14-5-2/h6-9,12H,4-5H2,1-3H3. The lowest BCUT2D eigenvalue weighted by atomic mass is 10.1. The van der Waals surface area contributed by atoms with Gasteiger partial charge in [-0.1, -0.05) is 6.92 Å². The molecule has 1 atom stereocenters. The number of hydrogen-bond donors (Lipinski definition) is 1. The van der Waals surface area contributed by atoms with Gasteiger partial charge in [0.2, 0.25) is 5.88 Å². The number of hydrogen-bond acceptors (Lipinski definition) is 3. The second-order valence-corrected chi connectivity index (χ2v) is 3.14. The van der Waals surface area contributed by atoms with Crippen LogP contribution >= 0.6 is 0 Å². The van der Waals surface area contributed by atoms with Crippen LogP contribution in [0.5, 0.6) is 5.88 Å². The zero-order valence-corrected chi connectivity index (χ0v) is 9.08. The van der Waals surface area contributed by atoms with Crippen molar-refractivity contribution in [3.05, 3.63) is 23.9 Å². The Hall–Kier alpha value is -1.09. The number of aromatic nitrogens is 1. The monoisotopic (exact) mass is 194 g/mol. The van der Waals surface area contributed by atoms with E-state index in [1.165, 1.54) is 5.56 Å². The van der Waals surface area contributed by atoms with Crippen LogP contribution in [0.3, 0.4) is 0 Å². The van der Waals surface area contributed by atoms with Gasteiger partial charge in [-0.05, 0) is 32.0 Å². The van der Waals surface area contributed by atoms with Gasteiger partial charge in [-0.3, -0.25) is 0 Å². The fraction of sp³-hybridized carbons (Fsp3) is 0.545. The van der Waals surface area contributed by atoms with Crippen molar-refractivity contribution < 1.29 is 4.74 Å². The minimum atomic E-state index is 0.349. The molecule has 0 radical (unpaired) electrons. The molecule has 0 spiro atoms. The minimum absolute atomic E-state index is 0.349. The van der Waals surface area contributed by atoms with Crippen molar-refractivity contribution >= 4 is 0 Å². The van der Waals surface area contributed by atoms with Gasteiger partial charge in [-0.25, -0.2) is 4.98 Å². The molecule has 0 saturated heterocycles. The average Bonchev–Trinajstić information content (AvgIpc) is 2.19. The summed E-state index contributed by atoms with van der Waals surface area (Å²) < 4.78 is 5.34. The Labute approximate surface area is 85.5 Å². The van der Waals surface area contributed by atoms with Crippen molar-refractivity contribution in [3.8, 4) is 5.88 Å². The molecule has 0 amide bonds. The van der Waals surface area contributed by atoms with Crippen LogP contribution in [0, 0.1) is 0 Å². The van der Waals surface area contributed by atoms with E-state index < -0.39 is 0 Å². The molecule has 0 aliphatic rings. The quantitative estimate of drug-likeness (QED) is 0.780. The topological polar surface area (TPSA) is 34.2 Å². The summed E-state index contributed by atoms with van der Waals surface area (Å²) in [5, 5.41) is 3.35. The highest BCUT2D eigenvalue weighted by atomic mass is 16.5. The number of pyridine rings is 1. The molecule has 1 aromatic rings. The molecule has 1 heterocycles. The van der Waals surface area contributed by atoms with Gasteiger partial charge in [0, 0.05) is 18.3 Å². The van der Waals surface area contributed by atoms with E-state index in [1.807, 2.05) is 19.1 Å². The van der Waals surface area contributed by atoms with Crippen LogP contribution in [-0.2, 0) is 0 Å².